The van der Waals surface area contributed by atoms with Crippen molar-refractivity contribution in [1.29, 1.82) is 0 Å². The number of nitrogens with zero attached hydrogens (tertiary/aromatic N) is 2. The molecule has 0 radical (unpaired) electrons. The highest BCUT2D eigenvalue weighted by Gasteiger charge is 2.10. The van der Waals surface area contributed by atoms with Gasteiger partial charge < -0.3 is 0 Å². The minimum atomic E-state index is -0.0256. The number of hydrogen-bond donors (Lipinski definition) is 0. The van der Waals surface area contributed by atoms with E-state index in [1.165, 1.54) is 0 Å². The van der Waals surface area contributed by atoms with E-state index < -0.39 is 0 Å². The van der Waals surface area contributed by atoms with Gasteiger partial charge in [-0.05, 0) is 25.5 Å². The van der Waals surface area contributed by atoms with Crippen molar-refractivity contribution >= 4 is 28.7 Å². The topological polar surface area (TPSA) is 42.3 Å². The number of rotatable bonds is 0. The minimum absolute atomic E-state index is 0.0256. The summed E-state index contributed by atoms with van der Waals surface area (Å²) in [5.74, 6) is 0. The van der Waals surface area contributed by atoms with Crippen LogP contribution in [0.2, 0.25) is 5.02 Å². The second-order valence-electron chi connectivity index (χ2n) is 4.49. The largest absolute Gasteiger partial charge is 0.289 e. The molecule has 1 aliphatic rings. The lowest BCUT2D eigenvalue weighted by atomic mass is 10.1. The van der Waals surface area contributed by atoms with Crippen LogP contribution in [0.15, 0.2) is 46.0 Å². The molecule has 2 heterocycles. The maximum Gasteiger partial charge on any atom is 0.192 e. The second kappa shape index (κ2) is 4.59. The predicted molar refractivity (Wildman–Crippen MR) is 78.1 cm³/mol. The molecule has 3 rings (SSSR count). The summed E-state index contributed by atoms with van der Waals surface area (Å²) >= 11 is 5.93. The lowest BCUT2D eigenvalue weighted by Crippen LogP contribution is -2.08. The normalized spacial score (nSPS) is 13.9. The monoisotopic (exact) mass is 270 g/mol. The highest BCUT2D eigenvalue weighted by molar-refractivity contribution is 6.31. The van der Waals surface area contributed by atoms with E-state index >= 15 is 0 Å². The third kappa shape index (κ3) is 2.17. The van der Waals surface area contributed by atoms with Crippen molar-refractivity contribution in [1.82, 2.24) is 4.98 Å². The molecule has 0 saturated carbocycles. The molecule has 0 fully saturated rings. The summed E-state index contributed by atoms with van der Waals surface area (Å²) in [6.45, 7) is 1.92. The van der Waals surface area contributed by atoms with Crippen LogP contribution >= 0.6 is 11.6 Å². The summed E-state index contributed by atoms with van der Waals surface area (Å²) in [4.78, 5) is 21.1. The molecule has 19 heavy (non-hydrogen) atoms. The molecule has 0 aliphatic carbocycles. The van der Waals surface area contributed by atoms with Gasteiger partial charge in [0.25, 0.3) is 0 Å². The van der Waals surface area contributed by atoms with Crippen LogP contribution in [-0.2, 0) is 6.42 Å². The van der Waals surface area contributed by atoms with Gasteiger partial charge in [0, 0.05) is 34.6 Å². The van der Waals surface area contributed by atoms with Crippen molar-refractivity contribution in [3.05, 3.63) is 62.5 Å². The third-order valence-electron chi connectivity index (χ3n) is 3.18. The fourth-order valence-electron chi connectivity index (χ4n) is 2.13. The van der Waals surface area contributed by atoms with Crippen LogP contribution in [0.3, 0.4) is 0 Å². The summed E-state index contributed by atoms with van der Waals surface area (Å²) in [5.41, 5.74) is 3.12. The fourth-order valence-corrected chi connectivity index (χ4v) is 2.29. The maximum atomic E-state index is 12.6. The van der Waals surface area contributed by atoms with Crippen LogP contribution < -0.4 is 5.43 Å². The Balaban J connectivity index is 2.42. The second-order valence-corrected chi connectivity index (χ2v) is 4.93. The summed E-state index contributed by atoms with van der Waals surface area (Å²) in [6.07, 6.45) is 5.81. The Labute approximate surface area is 115 Å². The number of halogens is 1. The van der Waals surface area contributed by atoms with E-state index in [9.17, 15) is 4.79 Å². The Bertz CT molecular complexity index is 794. The molecule has 0 spiro atoms. The van der Waals surface area contributed by atoms with Crippen molar-refractivity contribution in [2.24, 2.45) is 4.99 Å². The predicted octanol–water partition coefficient (Wildman–Crippen LogP) is 3.13. The average Bonchev–Trinajstić information content (AvgIpc) is 2.65. The van der Waals surface area contributed by atoms with Crippen molar-refractivity contribution < 1.29 is 0 Å². The summed E-state index contributed by atoms with van der Waals surface area (Å²) in [6, 6.07) is 5.39. The number of hydrogen-bond acceptors (Lipinski definition) is 3. The van der Waals surface area contributed by atoms with Crippen molar-refractivity contribution in [2.45, 2.75) is 13.3 Å². The summed E-state index contributed by atoms with van der Waals surface area (Å²) in [5, 5.41) is 1.02. The van der Waals surface area contributed by atoms with Gasteiger partial charge in [-0.15, -0.1) is 0 Å². The van der Waals surface area contributed by atoms with Gasteiger partial charge >= 0.3 is 0 Å². The van der Waals surface area contributed by atoms with Crippen molar-refractivity contribution in [3.63, 3.8) is 0 Å². The van der Waals surface area contributed by atoms with Gasteiger partial charge in [-0.3, -0.25) is 14.8 Å². The van der Waals surface area contributed by atoms with Crippen LogP contribution in [-0.4, -0.2) is 11.2 Å². The van der Waals surface area contributed by atoms with Gasteiger partial charge in [0.2, 0.25) is 0 Å². The molecule has 0 unspecified atom stereocenters. The molecule has 94 valence electrons. The SMILES string of the molecule is CC1=CCc2c(ccc3ncc(Cl)cc3c2=O)C=N1. The van der Waals surface area contributed by atoms with Gasteiger partial charge in [0.05, 0.1) is 10.5 Å². The maximum absolute atomic E-state index is 12.6. The van der Waals surface area contributed by atoms with Crippen LogP contribution in [0.4, 0.5) is 0 Å². The van der Waals surface area contributed by atoms with Crippen LogP contribution in [0, 0.1) is 0 Å². The quantitative estimate of drug-likeness (QED) is 0.738. The summed E-state index contributed by atoms with van der Waals surface area (Å²) in [7, 11) is 0. The Morgan fingerprint density at radius 3 is 3.00 bits per heavy atom. The van der Waals surface area contributed by atoms with Gasteiger partial charge in [0.1, 0.15) is 0 Å². The third-order valence-corrected chi connectivity index (χ3v) is 3.39. The first-order chi connectivity index (χ1) is 9.15. The standard InChI is InChI=1S/C15H11ClN2O/c1-9-2-4-12-10(7-17-9)3-5-14-13(15(12)19)6-11(16)8-18-14/h2-3,5-8H,4H2,1H3. The first kappa shape index (κ1) is 12.1. The average molecular weight is 271 g/mol. The van der Waals surface area contributed by atoms with Crippen molar-refractivity contribution in [2.75, 3.05) is 0 Å². The van der Waals surface area contributed by atoms with Gasteiger partial charge in [-0.2, -0.15) is 0 Å². The molecule has 0 amide bonds. The number of pyridine rings is 1. The fraction of sp³-hybridized carbons (Fsp3) is 0.133. The van der Waals surface area contributed by atoms with E-state index in [0.717, 1.165) is 16.8 Å². The molecule has 3 nitrogen and oxygen atoms in total. The number of fused-ring (bicyclic) bond motifs is 2. The van der Waals surface area contributed by atoms with E-state index in [-0.39, 0.29) is 5.43 Å². The molecule has 0 bridgehead atoms. The molecule has 0 atom stereocenters. The summed E-state index contributed by atoms with van der Waals surface area (Å²) < 4.78 is 0. The zero-order valence-electron chi connectivity index (χ0n) is 10.4. The van der Waals surface area contributed by atoms with Gasteiger partial charge in [-0.25, -0.2) is 0 Å². The smallest absolute Gasteiger partial charge is 0.192 e. The molecular weight excluding hydrogens is 260 g/mol. The van der Waals surface area contributed by atoms with Gasteiger partial charge in [-0.1, -0.05) is 23.7 Å². The lowest BCUT2D eigenvalue weighted by Gasteiger charge is -1.95. The molecule has 0 N–H and O–H groups in total. The zero-order valence-corrected chi connectivity index (χ0v) is 11.1. The molecule has 1 aliphatic heterocycles. The minimum Gasteiger partial charge on any atom is -0.289 e. The zero-order chi connectivity index (χ0) is 13.4. The number of allylic oxidation sites excluding steroid dienone is 2. The molecule has 0 saturated heterocycles. The first-order valence-corrected chi connectivity index (χ1v) is 6.35. The highest BCUT2D eigenvalue weighted by Crippen LogP contribution is 2.17. The Kier molecular flexibility index (Phi) is 2.91. The lowest BCUT2D eigenvalue weighted by molar-refractivity contribution is 1.20. The molecule has 1 aromatic carbocycles. The van der Waals surface area contributed by atoms with Crippen LogP contribution in [0.5, 0.6) is 0 Å². The van der Waals surface area contributed by atoms with Crippen LogP contribution in [0.1, 0.15) is 18.1 Å². The van der Waals surface area contributed by atoms with E-state index in [4.69, 9.17) is 11.6 Å². The molecular formula is C15H11ClN2O. The first-order valence-electron chi connectivity index (χ1n) is 5.97. The van der Waals surface area contributed by atoms with E-state index in [2.05, 4.69) is 9.98 Å². The van der Waals surface area contributed by atoms with E-state index in [0.29, 0.717) is 22.3 Å². The number of aliphatic imine (C=N–C) groups is 1. The Morgan fingerprint density at radius 2 is 2.16 bits per heavy atom. The number of aromatic nitrogens is 1. The molecule has 2 aromatic rings. The Morgan fingerprint density at radius 1 is 1.32 bits per heavy atom. The molecule has 1 aromatic heterocycles. The van der Waals surface area contributed by atoms with Crippen LogP contribution in [0.25, 0.3) is 10.9 Å². The van der Waals surface area contributed by atoms with Gasteiger partial charge in [0.15, 0.2) is 5.43 Å². The molecule has 4 heteroatoms. The van der Waals surface area contributed by atoms with E-state index in [1.54, 1.807) is 18.5 Å². The van der Waals surface area contributed by atoms with E-state index in [1.807, 2.05) is 25.1 Å². The highest BCUT2D eigenvalue weighted by atomic mass is 35.5. The Hall–Kier alpha value is -2.00. The van der Waals surface area contributed by atoms with Crippen molar-refractivity contribution in [3.8, 4) is 0 Å².